The zero-order valence-corrected chi connectivity index (χ0v) is 7.39. The fourth-order valence-corrected chi connectivity index (χ4v) is 0.821. The Morgan fingerprint density at radius 2 is 1.07 bits per heavy atom. The molecule has 84 valence electrons. The molecular formula is C4H2O10S. The molecule has 0 aromatic carbocycles. The van der Waals surface area contributed by atoms with Crippen LogP contribution < -0.4 is 0 Å². The lowest BCUT2D eigenvalue weighted by atomic mass is 10.7. The van der Waals surface area contributed by atoms with Gasteiger partial charge in [0.15, 0.2) is 0 Å². The summed E-state index contributed by atoms with van der Waals surface area (Å²) in [5, 5.41) is 15.8. The Labute approximate surface area is 81.3 Å². The molecular weight excluding hydrogens is 240 g/mol. The average molecular weight is 242 g/mol. The van der Waals surface area contributed by atoms with E-state index in [4.69, 9.17) is 10.2 Å². The second-order valence-electron chi connectivity index (χ2n) is 1.76. The molecule has 11 heteroatoms. The molecule has 2 N–H and O–H groups in total. The molecule has 0 saturated carbocycles. The molecule has 15 heavy (non-hydrogen) atoms. The first-order chi connectivity index (χ1) is 6.65. The fraction of sp³-hybridized carbons (Fsp3) is 0. The molecule has 0 unspecified atom stereocenters. The molecule has 0 fully saturated rings. The number of hydrogen-bond donors (Lipinski definition) is 2. The number of aliphatic carboxylic acids is 2. The van der Waals surface area contributed by atoms with Crippen LogP contribution in [-0.2, 0) is 37.9 Å². The lowest BCUT2D eigenvalue weighted by Gasteiger charge is -2.00. The van der Waals surface area contributed by atoms with Crippen LogP contribution in [0.25, 0.3) is 0 Å². The summed E-state index contributed by atoms with van der Waals surface area (Å²) >= 11 is 0. The van der Waals surface area contributed by atoms with E-state index in [-0.39, 0.29) is 0 Å². The van der Waals surface area contributed by atoms with E-state index in [1.165, 1.54) is 0 Å². The Morgan fingerprint density at radius 1 is 0.800 bits per heavy atom. The molecule has 0 saturated heterocycles. The summed E-state index contributed by atoms with van der Waals surface area (Å²) in [5.74, 6) is -9.00. The molecule has 0 aromatic rings. The van der Waals surface area contributed by atoms with Crippen molar-refractivity contribution in [3.63, 3.8) is 0 Å². The smallest absolute Gasteiger partial charge is 0.473 e. The van der Waals surface area contributed by atoms with Crippen molar-refractivity contribution in [3.8, 4) is 0 Å². The Bertz CT molecular complexity index is 381. The van der Waals surface area contributed by atoms with Crippen LogP contribution in [0.5, 0.6) is 0 Å². The van der Waals surface area contributed by atoms with Crippen LogP contribution in [0, 0.1) is 0 Å². The van der Waals surface area contributed by atoms with E-state index in [1.807, 2.05) is 0 Å². The van der Waals surface area contributed by atoms with Crippen LogP contribution in [0.1, 0.15) is 0 Å². The molecule has 0 aliphatic heterocycles. The summed E-state index contributed by atoms with van der Waals surface area (Å²) in [6, 6.07) is 0. The summed E-state index contributed by atoms with van der Waals surface area (Å²) in [5.41, 5.74) is 0. The predicted octanol–water partition coefficient (Wildman–Crippen LogP) is -2.51. The number of rotatable bonds is 2. The number of carbonyl (C=O) groups is 4. The Balaban J connectivity index is 4.60. The first-order valence-electron chi connectivity index (χ1n) is 2.84. The number of carbonyl (C=O) groups excluding carboxylic acids is 2. The van der Waals surface area contributed by atoms with Gasteiger partial charge in [0.05, 0.1) is 0 Å². The van der Waals surface area contributed by atoms with Gasteiger partial charge in [0, 0.05) is 0 Å². The third kappa shape index (κ3) is 4.56. The van der Waals surface area contributed by atoms with E-state index >= 15 is 0 Å². The summed E-state index contributed by atoms with van der Waals surface area (Å²) in [6.45, 7) is 0. The minimum absolute atomic E-state index is 2.24. The SMILES string of the molecule is O=C(O)C(=O)OS(=O)(=O)OC(=O)C(=O)O. The van der Waals surface area contributed by atoms with Crippen molar-refractivity contribution in [1.82, 2.24) is 0 Å². The van der Waals surface area contributed by atoms with Gasteiger partial charge in [-0.3, -0.25) is 0 Å². The minimum atomic E-state index is -5.33. The second kappa shape index (κ2) is 4.36. The molecule has 0 spiro atoms. The van der Waals surface area contributed by atoms with E-state index in [0.717, 1.165) is 0 Å². The van der Waals surface area contributed by atoms with E-state index < -0.39 is 34.3 Å². The van der Waals surface area contributed by atoms with Gasteiger partial charge in [0.25, 0.3) is 0 Å². The van der Waals surface area contributed by atoms with Crippen LogP contribution in [0.3, 0.4) is 0 Å². The van der Waals surface area contributed by atoms with E-state index in [9.17, 15) is 27.6 Å². The summed E-state index contributed by atoms with van der Waals surface area (Å²) < 4.78 is 27.2. The molecule has 0 bridgehead atoms. The van der Waals surface area contributed by atoms with Gasteiger partial charge in [-0.15, -0.1) is 8.42 Å². The molecule has 0 radical (unpaired) electrons. The molecule has 0 rings (SSSR count). The largest absolute Gasteiger partial charge is 0.507 e. The highest BCUT2D eigenvalue weighted by Crippen LogP contribution is 1.97. The first kappa shape index (κ1) is 12.8. The molecule has 0 aliphatic rings. The highest BCUT2D eigenvalue weighted by atomic mass is 32.3. The van der Waals surface area contributed by atoms with Gasteiger partial charge in [0.2, 0.25) is 0 Å². The van der Waals surface area contributed by atoms with Crippen LogP contribution in [0.4, 0.5) is 0 Å². The van der Waals surface area contributed by atoms with E-state index in [1.54, 1.807) is 0 Å². The van der Waals surface area contributed by atoms with Gasteiger partial charge >= 0.3 is 34.3 Å². The van der Waals surface area contributed by atoms with Crippen molar-refractivity contribution in [3.05, 3.63) is 0 Å². The minimum Gasteiger partial charge on any atom is -0.473 e. The van der Waals surface area contributed by atoms with Crippen LogP contribution in [-0.4, -0.2) is 42.5 Å². The average Bonchev–Trinajstić information content (AvgIpc) is 2.01. The predicted molar refractivity (Wildman–Crippen MR) is 36.4 cm³/mol. The molecule has 0 aliphatic carbocycles. The number of carboxylic acids is 2. The molecule has 0 amide bonds. The maximum absolute atomic E-state index is 10.4. The van der Waals surface area contributed by atoms with Crippen LogP contribution in [0.2, 0.25) is 0 Å². The standard InChI is InChI=1S/C4H2O10S/c5-1(6)3(9)13-15(11,12)14-4(10)2(7)8/h(H,5,6)(H,7,8). The monoisotopic (exact) mass is 242 g/mol. The van der Waals surface area contributed by atoms with Crippen molar-refractivity contribution in [2.24, 2.45) is 0 Å². The zero-order valence-electron chi connectivity index (χ0n) is 6.57. The van der Waals surface area contributed by atoms with Gasteiger partial charge < -0.3 is 18.6 Å². The van der Waals surface area contributed by atoms with Gasteiger partial charge in [-0.05, 0) is 0 Å². The van der Waals surface area contributed by atoms with Gasteiger partial charge in [-0.1, -0.05) is 0 Å². The van der Waals surface area contributed by atoms with Crippen molar-refractivity contribution < 1.29 is 46.2 Å². The number of hydrogen-bond acceptors (Lipinski definition) is 8. The summed E-state index contributed by atoms with van der Waals surface area (Å²) in [4.78, 5) is 39.9. The second-order valence-corrected chi connectivity index (χ2v) is 2.91. The Morgan fingerprint density at radius 3 is 1.27 bits per heavy atom. The third-order valence-electron chi connectivity index (χ3n) is 0.705. The fourth-order valence-electron chi connectivity index (χ4n) is 0.274. The van der Waals surface area contributed by atoms with Crippen LogP contribution >= 0.6 is 0 Å². The Hall–Kier alpha value is -2.17. The first-order valence-corrected chi connectivity index (χ1v) is 4.17. The lowest BCUT2D eigenvalue weighted by Crippen LogP contribution is -2.27. The summed E-state index contributed by atoms with van der Waals surface area (Å²) in [6.07, 6.45) is 0. The lowest BCUT2D eigenvalue weighted by molar-refractivity contribution is -0.160. The van der Waals surface area contributed by atoms with Crippen molar-refractivity contribution in [1.29, 1.82) is 0 Å². The maximum Gasteiger partial charge on any atom is 0.507 e. The van der Waals surface area contributed by atoms with E-state index in [2.05, 4.69) is 8.37 Å². The van der Waals surface area contributed by atoms with Crippen molar-refractivity contribution in [2.45, 2.75) is 0 Å². The highest BCUT2D eigenvalue weighted by Gasteiger charge is 2.29. The number of carboxylic acid groups (broad SMARTS) is 2. The molecule has 0 atom stereocenters. The molecule has 0 aromatic heterocycles. The third-order valence-corrected chi connectivity index (χ3v) is 1.42. The highest BCUT2D eigenvalue weighted by molar-refractivity contribution is 7.82. The topological polar surface area (TPSA) is 161 Å². The van der Waals surface area contributed by atoms with Crippen molar-refractivity contribution >= 4 is 34.3 Å². The van der Waals surface area contributed by atoms with Crippen molar-refractivity contribution in [2.75, 3.05) is 0 Å². The maximum atomic E-state index is 10.4. The van der Waals surface area contributed by atoms with Gasteiger partial charge in [0.1, 0.15) is 0 Å². The van der Waals surface area contributed by atoms with Gasteiger partial charge in [-0.25, -0.2) is 19.2 Å². The van der Waals surface area contributed by atoms with Crippen LogP contribution in [0.15, 0.2) is 0 Å². The van der Waals surface area contributed by atoms with Gasteiger partial charge in [-0.2, -0.15) is 0 Å². The zero-order chi connectivity index (χ0) is 12.2. The Kier molecular flexibility index (Phi) is 3.73. The van der Waals surface area contributed by atoms with E-state index in [0.29, 0.717) is 0 Å². The molecule has 10 nitrogen and oxygen atoms in total. The summed E-state index contributed by atoms with van der Waals surface area (Å²) in [7, 11) is -5.33. The molecule has 0 heterocycles. The normalized spacial score (nSPS) is 10.1. The quantitative estimate of drug-likeness (QED) is 0.494.